The molecule has 1 fully saturated rings. The summed E-state index contributed by atoms with van der Waals surface area (Å²) in [6.45, 7) is 8.42. The molecule has 0 spiro atoms. The van der Waals surface area contributed by atoms with Crippen molar-refractivity contribution in [3.05, 3.63) is 29.9 Å². The van der Waals surface area contributed by atoms with Gasteiger partial charge in [0.2, 0.25) is 5.82 Å². The van der Waals surface area contributed by atoms with Crippen LogP contribution in [0.4, 0.5) is 9.18 Å². The van der Waals surface area contributed by atoms with Gasteiger partial charge in [-0.25, -0.2) is 9.18 Å². The summed E-state index contributed by atoms with van der Waals surface area (Å²) in [5.41, 5.74) is -0.0452. The molecule has 1 aliphatic heterocycles. The van der Waals surface area contributed by atoms with Gasteiger partial charge in [0.1, 0.15) is 17.5 Å². The van der Waals surface area contributed by atoms with Crippen LogP contribution in [0.2, 0.25) is 0 Å². The third-order valence-electron chi connectivity index (χ3n) is 4.85. The second-order valence-electron chi connectivity index (χ2n) is 8.52. The number of carbonyl (C=O) groups is 1. The zero-order chi connectivity index (χ0) is 23.3. The molecular weight excluding hydrogens is 437 g/mol. The Morgan fingerprint density at radius 2 is 2.06 bits per heavy atom. The quantitative estimate of drug-likeness (QED) is 0.392. The summed E-state index contributed by atoms with van der Waals surface area (Å²) in [4.78, 5) is 22.1. The standard InChI is InChI=1S/C22H30FN3O5S/c1-6-17(20-24-19(25-30-20)14-7-8-18(32-5)16(23)13-14)28-15-9-11-26(12-10-15)31-21(27)29-22(2,3)4/h7-8,13,15,17H,6,9-12H2,1-5H3. The number of hydrogen-bond acceptors (Lipinski definition) is 9. The SMILES string of the molecule is CCC(OC1CCN(OC(=O)OC(C)(C)C)CC1)c1nc(-c2ccc(SC)c(F)c2)no1. The molecule has 0 amide bonds. The van der Waals surface area contributed by atoms with Crippen LogP contribution in [0, 0.1) is 5.82 Å². The van der Waals surface area contributed by atoms with Gasteiger partial charge in [-0.05, 0) is 64.5 Å². The van der Waals surface area contributed by atoms with Crippen LogP contribution in [0.25, 0.3) is 11.4 Å². The first-order valence-corrected chi connectivity index (χ1v) is 11.9. The summed E-state index contributed by atoms with van der Waals surface area (Å²) in [5.74, 6) is 0.378. The van der Waals surface area contributed by atoms with Crippen molar-refractivity contribution in [2.45, 2.75) is 69.7 Å². The molecule has 176 valence electrons. The Balaban J connectivity index is 1.54. The van der Waals surface area contributed by atoms with Crippen LogP contribution in [0.1, 0.15) is 59.0 Å². The van der Waals surface area contributed by atoms with Crippen molar-refractivity contribution in [2.75, 3.05) is 19.3 Å². The summed E-state index contributed by atoms with van der Waals surface area (Å²) in [6.07, 6.45) is 2.73. The number of hydroxylamine groups is 2. The Morgan fingerprint density at radius 3 is 2.66 bits per heavy atom. The Kier molecular flexibility index (Phi) is 8.13. The summed E-state index contributed by atoms with van der Waals surface area (Å²) in [7, 11) is 0. The summed E-state index contributed by atoms with van der Waals surface area (Å²) >= 11 is 1.34. The number of piperidine rings is 1. The molecule has 0 saturated carbocycles. The van der Waals surface area contributed by atoms with Crippen LogP contribution in [0.3, 0.4) is 0 Å². The summed E-state index contributed by atoms with van der Waals surface area (Å²) < 4.78 is 30.9. The normalized spacial score (nSPS) is 16.7. The molecule has 1 aliphatic rings. The number of ether oxygens (including phenoxy) is 2. The maximum absolute atomic E-state index is 14.1. The molecule has 1 unspecified atom stereocenters. The lowest BCUT2D eigenvalue weighted by Crippen LogP contribution is -2.40. The molecule has 10 heteroatoms. The smallest absolute Gasteiger partial charge is 0.427 e. The van der Waals surface area contributed by atoms with Gasteiger partial charge in [-0.2, -0.15) is 4.98 Å². The number of halogens is 1. The summed E-state index contributed by atoms with van der Waals surface area (Å²) in [6, 6.07) is 4.88. The van der Waals surface area contributed by atoms with Crippen LogP contribution >= 0.6 is 11.8 Å². The fraction of sp³-hybridized carbons (Fsp3) is 0.591. The van der Waals surface area contributed by atoms with E-state index in [0.717, 1.165) is 0 Å². The first-order valence-electron chi connectivity index (χ1n) is 10.7. The van der Waals surface area contributed by atoms with Gasteiger partial charge in [-0.15, -0.1) is 16.8 Å². The lowest BCUT2D eigenvalue weighted by molar-refractivity contribution is -0.170. The van der Waals surface area contributed by atoms with Crippen molar-refractivity contribution in [1.82, 2.24) is 15.2 Å². The maximum atomic E-state index is 14.1. The van der Waals surface area contributed by atoms with Gasteiger partial charge in [-0.3, -0.25) is 0 Å². The van der Waals surface area contributed by atoms with Crippen molar-refractivity contribution >= 4 is 17.9 Å². The van der Waals surface area contributed by atoms with E-state index >= 15 is 0 Å². The molecule has 0 bridgehead atoms. The van der Waals surface area contributed by atoms with Crippen molar-refractivity contribution in [2.24, 2.45) is 0 Å². The molecule has 3 rings (SSSR count). The van der Waals surface area contributed by atoms with Crippen LogP contribution in [0.5, 0.6) is 0 Å². The van der Waals surface area contributed by atoms with Gasteiger partial charge in [0.05, 0.1) is 6.10 Å². The highest BCUT2D eigenvalue weighted by molar-refractivity contribution is 7.98. The van der Waals surface area contributed by atoms with E-state index in [1.807, 2.05) is 13.2 Å². The fourth-order valence-corrected chi connectivity index (χ4v) is 3.74. The monoisotopic (exact) mass is 467 g/mol. The Bertz CT molecular complexity index is 909. The van der Waals surface area contributed by atoms with Gasteiger partial charge in [0.25, 0.3) is 5.89 Å². The van der Waals surface area contributed by atoms with Crippen molar-refractivity contribution in [3.63, 3.8) is 0 Å². The highest BCUT2D eigenvalue weighted by atomic mass is 32.2. The number of thioether (sulfide) groups is 1. The Labute approximate surface area is 191 Å². The van der Waals surface area contributed by atoms with E-state index in [0.29, 0.717) is 54.5 Å². The van der Waals surface area contributed by atoms with Gasteiger partial charge in [-0.1, -0.05) is 12.1 Å². The van der Waals surface area contributed by atoms with Crippen molar-refractivity contribution < 1.29 is 28.0 Å². The predicted molar refractivity (Wildman–Crippen MR) is 118 cm³/mol. The molecule has 8 nitrogen and oxygen atoms in total. The molecule has 0 aliphatic carbocycles. The van der Waals surface area contributed by atoms with E-state index in [-0.39, 0.29) is 18.0 Å². The first kappa shape index (κ1) is 24.5. The van der Waals surface area contributed by atoms with E-state index < -0.39 is 11.8 Å². The molecule has 2 heterocycles. The third-order valence-corrected chi connectivity index (χ3v) is 5.62. The minimum atomic E-state index is -0.705. The number of nitrogens with zero attached hydrogens (tertiary/aromatic N) is 3. The highest BCUT2D eigenvalue weighted by Crippen LogP contribution is 2.29. The molecule has 32 heavy (non-hydrogen) atoms. The number of hydrogen-bond donors (Lipinski definition) is 0. The van der Waals surface area contributed by atoms with Gasteiger partial charge in [0.15, 0.2) is 0 Å². The number of benzene rings is 1. The average molecular weight is 468 g/mol. The predicted octanol–water partition coefficient (Wildman–Crippen LogP) is 5.40. The minimum Gasteiger partial charge on any atom is -0.427 e. The van der Waals surface area contributed by atoms with Gasteiger partial charge < -0.3 is 18.8 Å². The minimum absolute atomic E-state index is 0.0351. The highest BCUT2D eigenvalue weighted by Gasteiger charge is 2.29. The maximum Gasteiger partial charge on any atom is 0.528 e. The molecule has 0 N–H and O–H groups in total. The van der Waals surface area contributed by atoms with Gasteiger partial charge in [0, 0.05) is 23.5 Å². The number of rotatable bonds is 7. The lowest BCUT2D eigenvalue weighted by atomic mass is 10.1. The Morgan fingerprint density at radius 1 is 1.34 bits per heavy atom. The number of aromatic nitrogens is 2. The Hall–Kier alpha value is -2.17. The van der Waals surface area contributed by atoms with E-state index in [9.17, 15) is 9.18 Å². The molecule has 1 aromatic carbocycles. The molecule has 1 aromatic heterocycles. The molecule has 0 radical (unpaired) electrons. The van der Waals surface area contributed by atoms with Crippen LogP contribution in [-0.4, -0.2) is 52.4 Å². The fourth-order valence-electron chi connectivity index (χ4n) is 3.28. The van der Waals surface area contributed by atoms with E-state index in [4.69, 9.17) is 18.8 Å². The number of carbonyl (C=O) groups excluding carboxylic acids is 1. The van der Waals surface area contributed by atoms with E-state index in [1.54, 1.807) is 38.0 Å². The second kappa shape index (κ2) is 10.6. The molecule has 2 aromatic rings. The van der Waals surface area contributed by atoms with Crippen molar-refractivity contribution in [3.8, 4) is 11.4 Å². The second-order valence-corrected chi connectivity index (χ2v) is 9.37. The van der Waals surface area contributed by atoms with Crippen LogP contribution < -0.4 is 0 Å². The van der Waals surface area contributed by atoms with Crippen molar-refractivity contribution in [1.29, 1.82) is 0 Å². The molecule has 1 saturated heterocycles. The van der Waals surface area contributed by atoms with E-state index in [1.165, 1.54) is 17.8 Å². The van der Waals surface area contributed by atoms with E-state index in [2.05, 4.69) is 10.1 Å². The third kappa shape index (κ3) is 6.66. The van der Waals surface area contributed by atoms with Crippen LogP contribution in [0.15, 0.2) is 27.6 Å². The average Bonchev–Trinajstić information content (AvgIpc) is 3.22. The van der Waals surface area contributed by atoms with Gasteiger partial charge >= 0.3 is 6.16 Å². The molecular formula is C22H30FN3O5S. The summed E-state index contributed by atoms with van der Waals surface area (Å²) in [5, 5.41) is 5.59. The first-order chi connectivity index (χ1) is 15.2. The topological polar surface area (TPSA) is 86.9 Å². The largest absolute Gasteiger partial charge is 0.528 e. The zero-order valence-corrected chi connectivity index (χ0v) is 19.9. The van der Waals surface area contributed by atoms with Crippen LogP contribution in [-0.2, 0) is 14.3 Å². The zero-order valence-electron chi connectivity index (χ0n) is 19.1. The lowest BCUT2D eigenvalue weighted by Gasteiger charge is -2.32. The molecule has 1 atom stereocenters.